The maximum Gasteiger partial charge on any atom is 4.00 e. The summed E-state index contributed by atoms with van der Waals surface area (Å²) in [7, 11) is 0. The number of halogens is 2. The fourth-order valence-electron chi connectivity index (χ4n) is 0.527. The summed E-state index contributed by atoms with van der Waals surface area (Å²) in [6.45, 7) is 0. The molecule has 0 unspecified atom stereocenters. The first-order valence-corrected chi connectivity index (χ1v) is 3.08. The van der Waals surface area contributed by atoms with E-state index in [0.29, 0.717) is 0 Å². The van der Waals surface area contributed by atoms with Crippen molar-refractivity contribution in [1.82, 2.24) is 10.2 Å². The Morgan fingerprint density at radius 2 is 2.08 bits per heavy atom. The monoisotopic (exact) mass is 250 g/mol. The van der Waals surface area contributed by atoms with E-state index in [1.807, 2.05) is 12.2 Å². The number of aromatic amines is 1. The largest absolute Gasteiger partial charge is 4.00 e. The molecule has 1 aromatic rings. The number of nitrogens with zero attached hydrogens (tertiary/aromatic N) is 1. The molecule has 5 heteroatoms. The number of hydrogen-bond acceptors (Lipinski definition) is 1. The van der Waals surface area contributed by atoms with Crippen molar-refractivity contribution in [3.8, 4) is 0 Å². The topological polar surface area (TPSA) is 28.7 Å². The van der Waals surface area contributed by atoms with Gasteiger partial charge in [-0.15, -0.1) is 18.8 Å². The van der Waals surface area contributed by atoms with Gasteiger partial charge in [-0.3, -0.25) is 6.08 Å². The first kappa shape index (κ1) is 18.7. The van der Waals surface area contributed by atoms with Crippen LogP contribution in [0.4, 0.5) is 0 Å². The van der Waals surface area contributed by atoms with Crippen molar-refractivity contribution < 1.29 is 46.5 Å². The Bertz CT molecular complexity index is 183. The molecule has 0 atom stereocenters. The van der Waals surface area contributed by atoms with Gasteiger partial charge in [-0.2, -0.15) is 12.1 Å². The molecule has 0 saturated heterocycles. The van der Waals surface area contributed by atoms with Gasteiger partial charge in [0.15, 0.2) is 0 Å². The number of allylic oxidation sites excluding steroid dienone is 4. The van der Waals surface area contributed by atoms with Crippen molar-refractivity contribution in [3.63, 3.8) is 0 Å². The van der Waals surface area contributed by atoms with Gasteiger partial charge in [0.05, 0.1) is 0 Å². The summed E-state index contributed by atoms with van der Waals surface area (Å²) in [4.78, 5) is 0. The maximum absolute atomic E-state index is 3.47. The van der Waals surface area contributed by atoms with Crippen LogP contribution >= 0.6 is 0 Å². The van der Waals surface area contributed by atoms with Crippen LogP contribution in [0.5, 0.6) is 0 Å². The Labute approximate surface area is 106 Å². The van der Waals surface area contributed by atoms with Crippen LogP contribution in [0.25, 0.3) is 0 Å². The standard InChI is InChI=1S/C5H5.C3H3N2.2ClH.Ti/c2*1-2-4-5-3-1;;;/h1-3H,4H2;1-2H,(H,4,5);2*1H;/q2*-1;;;+4/p-2. The average Bonchev–Trinajstić information content (AvgIpc) is 2.67. The molecule has 2 nitrogen and oxygen atoms in total. The Morgan fingerprint density at radius 1 is 1.31 bits per heavy atom. The summed E-state index contributed by atoms with van der Waals surface area (Å²) in [6.07, 6.45) is 14.3. The molecule has 0 fully saturated rings. The fourth-order valence-corrected chi connectivity index (χ4v) is 0.527. The molecule has 68 valence electrons. The SMILES string of the molecule is [C-]1=CC=CC1.[Cl-].[Cl-].[Ti+4].[c-]1cc[nH]n1. The van der Waals surface area contributed by atoms with Crippen LogP contribution in [0.15, 0.2) is 30.5 Å². The van der Waals surface area contributed by atoms with Gasteiger partial charge in [-0.25, -0.2) is 12.2 Å². The summed E-state index contributed by atoms with van der Waals surface area (Å²) < 4.78 is 0. The van der Waals surface area contributed by atoms with Crippen LogP contribution < -0.4 is 24.8 Å². The minimum Gasteiger partial charge on any atom is -1.00 e. The van der Waals surface area contributed by atoms with Crippen LogP contribution in [0.1, 0.15) is 6.42 Å². The van der Waals surface area contributed by atoms with E-state index in [2.05, 4.69) is 28.5 Å². The molecule has 0 amide bonds. The molecular weight excluding hydrogens is 243 g/mol. The van der Waals surface area contributed by atoms with E-state index in [4.69, 9.17) is 0 Å². The normalized spacial score (nSPS) is 9.85. The van der Waals surface area contributed by atoms with Crippen molar-refractivity contribution in [2.45, 2.75) is 6.42 Å². The number of H-pyrrole nitrogens is 1. The minimum absolute atomic E-state index is 0. The molecule has 0 radical (unpaired) electrons. The van der Waals surface area contributed by atoms with Gasteiger partial charge in [-0.1, -0.05) is 0 Å². The summed E-state index contributed by atoms with van der Waals surface area (Å²) in [6, 6.07) is 1.71. The molecule has 0 saturated carbocycles. The van der Waals surface area contributed by atoms with Crippen molar-refractivity contribution in [1.29, 1.82) is 0 Å². The zero-order valence-electron chi connectivity index (χ0n) is 6.80. The van der Waals surface area contributed by atoms with E-state index in [0.717, 1.165) is 6.42 Å². The zero-order valence-corrected chi connectivity index (χ0v) is 9.87. The fraction of sp³-hybridized carbons (Fsp3) is 0.125. The van der Waals surface area contributed by atoms with Gasteiger partial charge in [-0.05, 0) is 0 Å². The van der Waals surface area contributed by atoms with Crippen LogP contribution in [-0.2, 0) is 21.7 Å². The molecular formula is C8H8Cl2N2Ti. The maximum atomic E-state index is 3.47. The van der Waals surface area contributed by atoms with Crippen molar-refractivity contribution in [3.05, 3.63) is 42.8 Å². The molecule has 1 aliphatic carbocycles. The number of hydrogen-bond donors (Lipinski definition) is 1. The molecule has 0 bridgehead atoms. The second-order valence-corrected chi connectivity index (χ2v) is 1.71. The summed E-state index contributed by atoms with van der Waals surface area (Å²) in [5, 5.41) is 6.03. The molecule has 0 aromatic carbocycles. The second kappa shape index (κ2) is 14.5. The molecule has 1 N–H and O–H groups in total. The van der Waals surface area contributed by atoms with E-state index in [-0.39, 0.29) is 46.5 Å². The smallest absolute Gasteiger partial charge is 1.00 e. The first-order valence-electron chi connectivity index (χ1n) is 3.08. The molecule has 1 heterocycles. The van der Waals surface area contributed by atoms with Crippen LogP contribution in [0.2, 0.25) is 0 Å². The van der Waals surface area contributed by atoms with Crippen molar-refractivity contribution >= 4 is 0 Å². The van der Waals surface area contributed by atoms with E-state index in [9.17, 15) is 0 Å². The van der Waals surface area contributed by atoms with Crippen molar-refractivity contribution in [2.24, 2.45) is 0 Å². The van der Waals surface area contributed by atoms with E-state index in [1.165, 1.54) is 0 Å². The van der Waals surface area contributed by atoms with E-state index >= 15 is 0 Å². The van der Waals surface area contributed by atoms with Gasteiger partial charge in [0.25, 0.3) is 0 Å². The third kappa shape index (κ3) is 12.0. The van der Waals surface area contributed by atoms with Crippen LogP contribution in [0.3, 0.4) is 0 Å². The number of rotatable bonds is 0. The Kier molecular flexibility index (Phi) is 20.9. The molecule has 13 heavy (non-hydrogen) atoms. The summed E-state index contributed by atoms with van der Waals surface area (Å²) in [5.41, 5.74) is 0. The second-order valence-electron chi connectivity index (χ2n) is 1.71. The molecule has 1 aliphatic rings. The van der Waals surface area contributed by atoms with E-state index in [1.54, 1.807) is 12.3 Å². The minimum atomic E-state index is 0. The Hall–Kier alpha value is -0.0157. The molecule has 2 rings (SSSR count). The summed E-state index contributed by atoms with van der Waals surface area (Å²) in [5.74, 6) is 0. The van der Waals surface area contributed by atoms with Crippen molar-refractivity contribution in [2.75, 3.05) is 0 Å². The average molecular weight is 251 g/mol. The molecule has 1 aromatic heterocycles. The van der Waals surface area contributed by atoms with Crippen LogP contribution in [0, 0.1) is 12.3 Å². The van der Waals surface area contributed by atoms with Gasteiger partial charge in [0.1, 0.15) is 0 Å². The zero-order chi connectivity index (χ0) is 7.07. The molecule has 0 spiro atoms. The predicted molar refractivity (Wildman–Crippen MR) is 39.0 cm³/mol. The van der Waals surface area contributed by atoms with Crippen LogP contribution in [-0.4, -0.2) is 10.2 Å². The Balaban J connectivity index is -0.000000125. The quantitative estimate of drug-likeness (QED) is 0.365. The Morgan fingerprint density at radius 3 is 2.23 bits per heavy atom. The number of aromatic nitrogens is 2. The summed E-state index contributed by atoms with van der Waals surface area (Å²) >= 11 is 0. The molecule has 0 aliphatic heterocycles. The number of nitrogens with one attached hydrogen (secondary N) is 1. The van der Waals surface area contributed by atoms with Gasteiger partial charge in [0.2, 0.25) is 0 Å². The third-order valence-electron chi connectivity index (χ3n) is 0.947. The van der Waals surface area contributed by atoms with Gasteiger partial charge < -0.3 is 35.0 Å². The predicted octanol–water partition coefficient (Wildman–Crippen LogP) is -4.48. The van der Waals surface area contributed by atoms with Gasteiger partial charge >= 0.3 is 21.7 Å². The third-order valence-corrected chi connectivity index (χ3v) is 0.947. The first-order chi connectivity index (χ1) is 5.00. The van der Waals surface area contributed by atoms with Gasteiger partial charge in [0, 0.05) is 0 Å². The van der Waals surface area contributed by atoms with E-state index < -0.39 is 0 Å².